The lowest BCUT2D eigenvalue weighted by Crippen LogP contribution is -1.88. The Kier molecular flexibility index (Phi) is 2.06. The monoisotopic (exact) mass is 194 g/mol. The van der Waals surface area contributed by atoms with E-state index < -0.39 is 0 Å². The quantitative estimate of drug-likeness (QED) is 0.797. The fraction of sp³-hybridized carbons (Fsp3) is 0.222. The Morgan fingerprint density at radius 2 is 2.46 bits per heavy atom. The van der Waals surface area contributed by atoms with E-state index in [2.05, 4.69) is 11.1 Å². The van der Waals surface area contributed by atoms with Crippen molar-refractivity contribution in [3.8, 4) is 0 Å². The van der Waals surface area contributed by atoms with Crippen molar-refractivity contribution in [1.29, 1.82) is 0 Å². The van der Waals surface area contributed by atoms with E-state index in [1.54, 1.807) is 11.3 Å². The van der Waals surface area contributed by atoms with Gasteiger partial charge in [-0.05, 0) is 18.4 Å². The molecule has 0 aliphatic carbocycles. The maximum absolute atomic E-state index is 5.43. The maximum atomic E-state index is 5.43. The molecule has 0 spiro atoms. The standard InChI is InChI=1S/C9H10N2OS/c1-6-8(11-9(10)12-6)5-7-3-2-4-13-7/h2-4H,5H2,1H3,(H2,10,11). The van der Waals surface area contributed by atoms with Crippen LogP contribution in [-0.4, -0.2) is 4.98 Å². The van der Waals surface area contributed by atoms with Gasteiger partial charge in [0.15, 0.2) is 0 Å². The van der Waals surface area contributed by atoms with Crippen molar-refractivity contribution in [3.63, 3.8) is 0 Å². The van der Waals surface area contributed by atoms with Crippen LogP contribution in [0.1, 0.15) is 16.3 Å². The van der Waals surface area contributed by atoms with Gasteiger partial charge in [-0.15, -0.1) is 11.3 Å². The molecule has 0 amide bonds. The molecule has 0 aromatic carbocycles. The van der Waals surface area contributed by atoms with Gasteiger partial charge in [-0.2, -0.15) is 4.98 Å². The lowest BCUT2D eigenvalue weighted by molar-refractivity contribution is 0.545. The van der Waals surface area contributed by atoms with Gasteiger partial charge in [0.05, 0.1) is 5.69 Å². The zero-order chi connectivity index (χ0) is 9.26. The van der Waals surface area contributed by atoms with Gasteiger partial charge in [0.1, 0.15) is 5.76 Å². The van der Waals surface area contributed by atoms with E-state index in [0.717, 1.165) is 17.9 Å². The van der Waals surface area contributed by atoms with Crippen molar-refractivity contribution >= 4 is 17.4 Å². The average molecular weight is 194 g/mol. The van der Waals surface area contributed by atoms with E-state index in [0.29, 0.717) is 0 Å². The van der Waals surface area contributed by atoms with Crippen LogP contribution < -0.4 is 5.73 Å². The van der Waals surface area contributed by atoms with Gasteiger partial charge in [0.2, 0.25) is 0 Å². The number of anilines is 1. The second-order valence-corrected chi connectivity index (χ2v) is 3.84. The summed E-state index contributed by atoms with van der Waals surface area (Å²) in [7, 11) is 0. The van der Waals surface area contributed by atoms with Gasteiger partial charge in [0.25, 0.3) is 6.01 Å². The zero-order valence-corrected chi connectivity index (χ0v) is 8.10. The molecule has 2 aromatic rings. The summed E-state index contributed by atoms with van der Waals surface area (Å²) < 4.78 is 5.13. The average Bonchev–Trinajstić information content (AvgIpc) is 2.63. The number of oxazole rings is 1. The minimum atomic E-state index is 0.254. The number of thiophene rings is 1. The molecule has 2 aromatic heterocycles. The highest BCUT2D eigenvalue weighted by atomic mass is 32.1. The Morgan fingerprint density at radius 3 is 3.00 bits per heavy atom. The molecule has 0 saturated carbocycles. The second-order valence-electron chi connectivity index (χ2n) is 2.81. The van der Waals surface area contributed by atoms with E-state index in [4.69, 9.17) is 10.2 Å². The molecule has 2 rings (SSSR count). The van der Waals surface area contributed by atoms with Crippen molar-refractivity contribution in [2.75, 3.05) is 5.73 Å². The fourth-order valence-corrected chi connectivity index (χ4v) is 1.90. The predicted octanol–water partition coefficient (Wildman–Crippen LogP) is 2.22. The van der Waals surface area contributed by atoms with E-state index in [9.17, 15) is 0 Å². The number of nitrogens with two attached hydrogens (primary N) is 1. The van der Waals surface area contributed by atoms with Gasteiger partial charge in [-0.25, -0.2) is 0 Å². The van der Waals surface area contributed by atoms with E-state index in [1.807, 2.05) is 18.4 Å². The molecule has 0 radical (unpaired) electrons. The highest BCUT2D eigenvalue weighted by molar-refractivity contribution is 7.09. The number of hydrogen-bond donors (Lipinski definition) is 1. The molecule has 0 atom stereocenters. The first kappa shape index (κ1) is 8.31. The predicted molar refractivity (Wildman–Crippen MR) is 52.8 cm³/mol. The molecule has 0 saturated heterocycles. The van der Waals surface area contributed by atoms with Gasteiger partial charge < -0.3 is 10.2 Å². The molecule has 4 heteroatoms. The molecule has 68 valence electrons. The summed E-state index contributed by atoms with van der Waals surface area (Å²) in [5.74, 6) is 0.811. The first-order chi connectivity index (χ1) is 6.25. The largest absolute Gasteiger partial charge is 0.429 e. The number of nitrogen functional groups attached to an aromatic ring is 1. The third-order valence-electron chi connectivity index (χ3n) is 1.83. The van der Waals surface area contributed by atoms with Crippen LogP contribution in [0.25, 0.3) is 0 Å². The third-order valence-corrected chi connectivity index (χ3v) is 2.71. The molecule has 0 aliphatic rings. The van der Waals surface area contributed by atoms with Crippen molar-refractivity contribution in [1.82, 2.24) is 4.98 Å². The van der Waals surface area contributed by atoms with Gasteiger partial charge in [-0.3, -0.25) is 0 Å². The van der Waals surface area contributed by atoms with Gasteiger partial charge in [0, 0.05) is 11.3 Å². The third kappa shape index (κ3) is 1.72. The van der Waals surface area contributed by atoms with E-state index in [1.165, 1.54) is 4.88 Å². The van der Waals surface area contributed by atoms with Crippen molar-refractivity contribution in [2.45, 2.75) is 13.3 Å². The molecular formula is C9H10N2OS. The van der Waals surface area contributed by atoms with E-state index >= 15 is 0 Å². The Labute approximate surface area is 80.2 Å². The molecule has 0 bridgehead atoms. The molecule has 2 heterocycles. The number of aryl methyl sites for hydroxylation is 1. The molecular weight excluding hydrogens is 184 g/mol. The highest BCUT2D eigenvalue weighted by Gasteiger charge is 2.07. The minimum absolute atomic E-state index is 0.254. The Hall–Kier alpha value is -1.29. The first-order valence-corrected chi connectivity index (χ1v) is 4.88. The van der Waals surface area contributed by atoms with Crippen LogP contribution >= 0.6 is 11.3 Å². The summed E-state index contributed by atoms with van der Waals surface area (Å²) in [6.07, 6.45) is 0.810. The van der Waals surface area contributed by atoms with Crippen molar-refractivity contribution in [3.05, 3.63) is 33.8 Å². The van der Waals surface area contributed by atoms with Crippen LogP contribution in [0.4, 0.5) is 6.01 Å². The molecule has 3 nitrogen and oxygen atoms in total. The van der Waals surface area contributed by atoms with Crippen LogP contribution in [0.3, 0.4) is 0 Å². The maximum Gasteiger partial charge on any atom is 0.292 e. The number of nitrogens with zero attached hydrogens (tertiary/aromatic N) is 1. The molecule has 2 N–H and O–H groups in total. The smallest absolute Gasteiger partial charge is 0.292 e. The zero-order valence-electron chi connectivity index (χ0n) is 7.28. The minimum Gasteiger partial charge on any atom is -0.429 e. The number of rotatable bonds is 2. The Bertz CT molecular complexity index is 392. The number of aromatic nitrogens is 1. The van der Waals surface area contributed by atoms with Crippen LogP contribution in [0.5, 0.6) is 0 Å². The topological polar surface area (TPSA) is 52.0 Å². The number of hydrogen-bond acceptors (Lipinski definition) is 4. The summed E-state index contributed by atoms with van der Waals surface area (Å²) in [4.78, 5) is 5.38. The summed E-state index contributed by atoms with van der Waals surface area (Å²) in [5, 5.41) is 2.05. The Morgan fingerprint density at radius 1 is 1.62 bits per heavy atom. The molecule has 0 aliphatic heterocycles. The highest BCUT2D eigenvalue weighted by Crippen LogP contribution is 2.18. The van der Waals surface area contributed by atoms with Gasteiger partial charge in [-0.1, -0.05) is 6.07 Å². The molecule has 0 unspecified atom stereocenters. The second kappa shape index (κ2) is 3.22. The summed E-state index contributed by atoms with van der Waals surface area (Å²) in [5.41, 5.74) is 6.36. The van der Waals surface area contributed by atoms with Crippen molar-refractivity contribution in [2.24, 2.45) is 0 Å². The SMILES string of the molecule is Cc1oc(N)nc1Cc1cccs1. The Balaban J connectivity index is 2.23. The van der Waals surface area contributed by atoms with Gasteiger partial charge >= 0.3 is 0 Å². The van der Waals surface area contributed by atoms with E-state index in [-0.39, 0.29) is 6.01 Å². The normalized spacial score (nSPS) is 10.5. The van der Waals surface area contributed by atoms with Crippen LogP contribution in [0.2, 0.25) is 0 Å². The fourth-order valence-electron chi connectivity index (χ4n) is 1.19. The van der Waals surface area contributed by atoms with Crippen LogP contribution in [-0.2, 0) is 6.42 Å². The summed E-state index contributed by atoms with van der Waals surface area (Å²) in [6.45, 7) is 1.88. The lowest BCUT2D eigenvalue weighted by Gasteiger charge is -1.91. The van der Waals surface area contributed by atoms with Crippen LogP contribution in [0, 0.1) is 6.92 Å². The summed E-state index contributed by atoms with van der Waals surface area (Å²) >= 11 is 1.71. The lowest BCUT2D eigenvalue weighted by atomic mass is 10.2. The van der Waals surface area contributed by atoms with Crippen LogP contribution in [0.15, 0.2) is 21.9 Å². The van der Waals surface area contributed by atoms with Crippen molar-refractivity contribution < 1.29 is 4.42 Å². The first-order valence-electron chi connectivity index (χ1n) is 4.00. The molecule has 13 heavy (non-hydrogen) atoms. The molecule has 0 fully saturated rings. The summed E-state index contributed by atoms with van der Waals surface area (Å²) in [6, 6.07) is 4.36.